The van der Waals surface area contributed by atoms with E-state index in [-0.39, 0.29) is 0 Å². The summed E-state index contributed by atoms with van der Waals surface area (Å²) in [5.74, 6) is 0. The van der Waals surface area contributed by atoms with Gasteiger partial charge in [-0.15, -0.1) is 0 Å². The molecule has 26 heavy (non-hydrogen) atoms. The fourth-order valence-corrected chi connectivity index (χ4v) is 11.1. The van der Waals surface area contributed by atoms with Gasteiger partial charge in [0.25, 0.3) is 0 Å². The zero-order valence-corrected chi connectivity index (χ0v) is 21.2. The Morgan fingerprint density at radius 1 is 0.538 bits per heavy atom. The average Bonchev–Trinajstić information content (AvgIpc) is 2.61. The van der Waals surface area contributed by atoms with Gasteiger partial charge < -0.3 is 22.1 Å². The summed E-state index contributed by atoms with van der Waals surface area (Å²) in [6, 6.07) is 2.68. The Morgan fingerprint density at radius 2 is 1.00 bits per heavy atom. The minimum atomic E-state index is -2.66. The maximum absolute atomic E-state index is 6.27. The number of alkyl halides is 1. The Balaban J connectivity index is 5.03. The zero-order valence-electron chi connectivity index (χ0n) is 17.6. The Morgan fingerprint density at radius 3 is 1.42 bits per heavy atom. The molecule has 0 unspecified atom stereocenters. The Kier molecular flexibility index (Phi) is 17.1. The Bertz CT molecular complexity index is 301. The second-order valence-electron chi connectivity index (χ2n) is 6.11. The van der Waals surface area contributed by atoms with E-state index in [2.05, 4.69) is 29.8 Å². The average molecular weight is 474 g/mol. The summed E-state index contributed by atoms with van der Waals surface area (Å²) >= 11 is 3.50. The third-order valence-corrected chi connectivity index (χ3v) is 12.0. The molecule has 0 spiro atoms. The van der Waals surface area contributed by atoms with Crippen molar-refractivity contribution in [2.75, 3.05) is 38.4 Å². The molecular formula is C18H41BrO5Si2. The van der Waals surface area contributed by atoms with E-state index in [4.69, 9.17) is 22.1 Å². The molecule has 0 amide bonds. The monoisotopic (exact) mass is 472 g/mol. The highest BCUT2D eigenvalue weighted by molar-refractivity contribution is 9.09. The smallest absolute Gasteiger partial charge is 0.394 e. The first-order valence-corrected chi connectivity index (χ1v) is 15.6. The van der Waals surface area contributed by atoms with E-state index >= 15 is 0 Å². The first kappa shape index (κ1) is 26.7. The predicted octanol–water partition coefficient (Wildman–Crippen LogP) is 5.51. The topological polar surface area (TPSA) is 46.2 Å². The molecule has 0 fully saturated rings. The van der Waals surface area contributed by atoms with Crippen molar-refractivity contribution in [3.8, 4) is 0 Å². The van der Waals surface area contributed by atoms with Gasteiger partial charge >= 0.3 is 17.4 Å². The van der Waals surface area contributed by atoms with E-state index in [1.807, 2.05) is 20.8 Å². The van der Waals surface area contributed by atoms with Crippen LogP contribution in [0.4, 0.5) is 0 Å². The highest BCUT2D eigenvalue weighted by Crippen LogP contribution is 2.29. The van der Waals surface area contributed by atoms with Gasteiger partial charge in [0.15, 0.2) is 0 Å². The third-order valence-electron chi connectivity index (χ3n) is 4.16. The number of unbranched alkanes of at least 4 members (excludes halogenated alkanes) is 3. The molecule has 5 nitrogen and oxygen atoms in total. The molecule has 0 atom stereocenters. The number of rotatable bonds is 19. The Hall–Kier alpha value is 0.714. The third kappa shape index (κ3) is 10.9. The first-order chi connectivity index (χ1) is 12.6. The van der Waals surface area contributed by atoms with Gasteiger partial charge in [-0.25, -0.2) is 0 Å². The molecule has 0 radical (unpaired) electrons. The molecule has 0 bridgehead atoms. The van der Waals surface area contributed by atoms with Gasteiger partial charge in [-0.2, -0.15) is 0 Å². The summed E-state index contributed by atoms with van der Waals surface area (Å²) in [6.07, 6.45) is 4.87. The van der Waals surface area contributed by atoms with Crippen LogP contribution in [0, 0.1) is 0 Å². The maximum atomic E-state index is 6.27. The minimum Gasteiger partial charge on any atom is -0.394 e. The SMILES string of the molecule is CCO[Si](CCCCCCBr)(CC[Si](OCC)(OCC)OCC)OCC. The highest BCUT2D eigenvalue weighted by atomic mass is 79.9. The van der Waals surface area contributed by atoms with Gasteiger partial charge in [-0.3, -0.25) is 0 Å². The second kappa shape index (κ2) is 16.6. The summed E-state index contributed by atoms with van der Waals surface area (Å²) < 4.78 is 30.6. The number of halogens is 1. The highest BCUT2D eigenvalue weighted by Gasteiger charge is 2.46. The maximum Gasteiger partial charge on any atom is 0.500 e. The molecule has 0 rings (SSSR count). The lowest BCUT2D eigenvalue weighted by Gasteiger charge is -2.34. The minimum absolute atomic E-state index is 0.608. The lowest BCUT2D eigenvalue weighted by molar-refractivity contribution is 0.0711. The van der Waals surface area contributed by atoms with Crippen LogP contribution in [0.5, 0.6) is 0 Å². The molecule has 0 saturated carbocycles. The number of hydrogen-bond acceptors (Lipinski definition) is 5. The summed E-state index contributed by atoms with van der Waals surface area (Å²) in [5, 5.41) is 1.08. The summed E-state index contributed by atoms with van der Waals surface area (Å²) in [6.45, 7) is 13.3. The van der Waals surface area contributed by atoms with Crippen molar-refractivity contribution >= 4 is 33.3 Å². The molecule has 0 aliphatic heterocycles. The lowest BCUT2D eigenvalue weighted by atomic mass is 10.2. The van der Waals surface area contributed by atoms with Crippen LogP contribution in [0.25, 0.3) is 0 Å². The van der Waals surface area contributed by atoms with Crippen LogP contribution in [-0.4, -0.2) is 55.7 Å². The van der Waals surface area contributed by atoms with Crippen molar-refractivity contribution in [2.45, 2.75) is 78.4 Å². The van der Waals surface area contributed by atoms with Crippen LogP contribution < -0.4 is 0 Å². The summed E-state index contributed by atoms with van der Waals surface area (Å²) in [5.41, 5.74) is 0. The first-order valence-electron chi connectivity index (χ1n) is 10.3. The van der Waals surface area contributed by atoms with Crippen LogP contribution in [-0.2, 0) is 22.1 Å². The molecule has 0 heterocycles. The molecule has 0 aliphatic carbocycles. The molecular weight excluding hydrogens is 432 g/mol. The van der Waals surface area contributed by atoms with Crippen molar-refractivity contribution < 1.29 is 22.1 Å². The molecule has 0 aromatic carbocycles. The standard InChI is InChI=1S/C18H41BrO5Si2/c1-6-20-25(21-7-2,16-14-12-11-13-15-19)17-18-26(22-8-3,23-9-4)24-10-5/h6-18H2,1-5H3. The molecule has 0 aromatic rings. The van der Waals surface area contributed by atoms with Crippen molar-refractivity contribution in [3.63, 3.8) is 0 Å². The zero-order chi connectivity index (χ0) is 19.7. The van der Waals surface area contributed by atoms with Gasteiger partial charge in [0.05, 0.1) is 0 Å². The van der Waals surface area contributed by atoms with Crippen LogP contribution in [0.3, 0.4) is 0 Å². The number of hydrogen-bond donors (Lipinski definition) is 0. The van der Waals surface area contributed by atoms with Gasteiger partial charge in [0, 0.05) is 44.4 Å². The van der Waals surface area contributed by atoms with Crippen LogP contribution in [0.15, 0.2) is 0 Å². The second-order valence-corrected chi connectivity index (χ2v) is 13.0. The van der Waals surface area contributed by atoms with Crippen LogP contribution in [0.2, 0.25) is 18.1 Å². The fourth-order valence-electron chi connectivity index (χ4n) is 3.17. The van der Waals surface area contributed by atoms with Crippen molar-refractivity contribution in [2.24, 2.45) is 0 Å². The van der Waals surface area contributed by atoms with E-state index in [0.717, 1.165) is 29.9 Å². The van der Waals surface area contributed by atoms with Crippen LogP contribution in [0.1, 0.15) is 60.3 Å². The van der Waals surface area contributed by atoms with E-state index < -0.39 is 17.4 Å². The van der Waals surface area contributed by atoms with Gasteiger partial charge in [-0.05, 0) is 53.1 Å². The quantitative estimate of drug-likeness (QED) is 0.141. The summed E-state index contributed by atoms with van der Waals surface area (Å²) in [7, 11) is -4.92. The van der Waals surface area contributed by atoms with E-state index in [0.29, 0.717) is 33.0 Å². The van der Waals surface area contributed by atoms with E-state index in [1.54, 1.807) is 0 Å². The summed E-state index contributed by atoms with van der Waals surface area (Å²) in [4.78, 5) is 0. The Labute approximate surface area is 172 Å². The fraction of sp³-hybridized carbons (Fsp3) is 1.00. The lowest BCUT2D eigenvalue weighted by Crippen LogP contribution is -2.50. The van der Waals surface area contributed by atoms with Crippen LogP contribution >= 0.6 is 15.9 Å². The van der Waals surface area contributed by atoms with Crippen molar-refractivity contribution in [1.82, 2.24) is 0 Å². The van der Waals surface area contributed by atoms with Gasteiger partial charge in [0.1, 0.15) is 0 Å². The largest absolute Gasteiger partial charge is 0.500 e. The normalized spacial score (nSPS) is 12.7. The van der Waals surface area contributed by atoms with Gasteiger partial charge in [-0.1, -0.05) is 35.2 Å². The van der Waals surface area contributed by atoms with E-state index in [1.165, 1.54) is 19.3 Å². The molecule has 0 aliphatic rings. The molecule has 0 N–H and O–H groups in total. The molecule has 158 valence electrons. The van der Waals surface area contributed by atoms with E-state index in [9.17, 15) is 0 Å². The van der Waals surface area contributed by atoms with Crippen molar-refractivity contribution in [3.05, 3.63) is 0 Å². The van der Waals surface area contributed by atoms with Crippen molar-refractivity contribution in [1.29, 1.82) is 0 Å². The molecule has 8 heteroatoms. The molecule has 0 aromatic heterocycles. The molecule has 0 saturated heterocycles. The van der Waals surface area contributed by atoms with Gasteiger partial charge in [0.2, 0.25) is 0 Å². The predicted molar refractivity (Wildman–Crippen MR) is 116 cm³/mol.